The molecule has 0 fully saturated rings. The second-order valence-electron chi connectivity index (χ2n) is 9.13. The van der Waals surface area contributed by atoms with Gasteiger partial charge in [-0.1, -0.05) is 29.8 Å². The number of thiophene rings is 2. The summed E-state index contributed by atoms with van der Waals surface area (Å²) in [6.45, 7) is 7.13. The van der Waals surface area contributed by atoms with Crippen LogP contribution in [0.3, 0.4) is 0 Å². The van der Waals surface area contributed by atoms with Gasteiger partial charge in [0.1, 0.15) is 5.75 Å². The number of nitrogens with zero attached hydrogens (tertiary/aromatic N) is 2. The zero-order chi connectivity index (χ0) is 29.9. The molecule has 3 rings (SSSR count). The number of carbonyl (C=O) groups is 3. The van der Waals surface area contributed by atoms with Crippen LogP contribution in [-0.4, -0.2) is 60.5 Å². The quantitative estimate of drug-likeness (QED) is 0.138. The van der Waals surface area contributed by atoms with E-state index in [0.717, 1.165) is 41.3 Å². The predicted molar refractivity (Wildman–Crippen MR) is 169 cm³/mol. The highest BCUT2D eigenvalue weighted by Crippen LogP contribution is 2.35. The zero-order valence-electron chi connectivity index (χ0n) is 24.0. The number of esters is 1. The smallest absolute Gasteiger partial charge is 0.308 e. The van der Waals surface area contributed by atoms with Gasteiger partial charge < -0.3 is 14.5 Å². The minimum absolute atomic E-state index is 0.0189. The van der Waals surface area contributed by atoms with Gasteiger partial charge in [-0.3, -0.25) is 14.4 Å². The Morgan fingerprint density at radius 1 is 0.854 bits per heavy atom. The molecule has 212 valence electrons. The maximum atomic E-state index is 11.5. The van der Waals surface area contributed by atoms with Crippen molar-refractivity contribution in [2.24, 2.45) is 0 Å². The van der Waals surface area contributed by atoms with Crippen LogP contribution in [0.1, 0.15) is 45.8 Å². The van der Waals surface area contributed by atoms with Gasteiger partial charge >= 0.3 is 5.97 Å². The molecule has 0 aliphatic heterocycles. The monoisotopic (exact) mass is 604 g/mol. The van der Waals surface area contributed by atoms with Crippen LogP contribution in [0.25, 0.3) is 5.57 Å². The van der Waals surface area contributed by atoms with E-state index < -0.39 is 0 Å². The number of rotatable bonds is 8. The first-order valence-electron chi connectivity index (χ1n) is 12.8. The van der Waals surface area contributed by atoms with E-state index >= 15 is 0 Å². The van der Waals surface area contributed by atoms with Gasteiger partial charge in [-0.25, -0.2) is 0 Å². The normalized spacial score (nSPS) is 10.0. The number of aryl methyl sites for hydroxylation is 1. The molecule has 0 aliphatic carbocycles. The minimum Gasteiger partial charge on any atom is -0.426 e. The van der Waals surface area contributed by atoms with Crippen molar-refractivity contribution in [2.45, 2.75) is 32.6 Å². The first kappa shape index (κ1) is 31.8. The molecule has 0 bridgehead atoms. The molecule has 0 N–H and O–H groups in total. The number of ether oxygens (including phenoxy) is 1. The van der Waals surface area contributed by atoms with Gasteiger partial charge in [0, 0.05) is 60.8 Å². The largest absolute Gasteiger partial charge is 0.426 e. The Labute approximate surface area is 254 Å². The number of carbonyl (C=O) groups excluding carboxylic acids is 3. The Morgan fingerprint density at radius 2 is 1.39 bits per heavy atom. The lowest BCUT2D eigenvalue weighted by Crippen LogP contribution is -2.23. The molecule has 2 amide bonds. The summed E-state index contributed by atoms with van der Waals surface area (Å²) in [5, 5.41) is 0. The molecule has 2 heterocycles. The number of benzene rings is 1. The predicted octanol–water partition coefficient (Wildman–Crippen LogP) is 5.93. The summed E-state index contributed by atoms with van der Waals surface area (Å²) < 4.78 is 5.25. The first-order valence-corrected chi connectivity index (χ1v) is 15.4. The van der Waals surface area contributed by atoms with E-state index in [2.05, 4.69) is 41.9 Å². The number of hydrogen-bond acceptors (Lipinski definition) is 7. The Kier molecular flexibility index (Phi) is 11.9. The van der Waals surface area contributed by atoms with E-state index in [1.807, 2.05) is 37.3 Å². The van der Waals surface area contributed by atoms with Crippen molar-refractivity contribution in [3.63, 3.8) is 0 Å². The standard InChI is InChI=1S/C32H32N2O4S3/c1-22-21-28(11-14-30(22)38-25(4)37)39-20-17-29(31-15-12-26(40-31)9-7-18-33(5)23(2)35)32-16-13-27(41-32)10-8-19-34(6)24(3)36/h11-17,21H,18-20H2,1-6H3. The van der Waals surface area contributed by atoms with Gasteiger partial charge in [-0.2, -0.15) is 0 Å². The molecule has 1 aromatic carbocycles. The molecule has 0 saturated heterocycles. The molecule has 0 radical (unpaired) electrons. The lowest BCUT2D eigenvalue weighted by molar-refractivity contribution is -0.132. The second-order valence-corrected chi connectivity index (χ2v) is 12.4. The zero-order valence-corrected chi connectivity index (χ0v) is 26.4. The van der Waals surface area contributed by atoms with Crippen molar-refractivity contribution in [3.05, 3.63) is 73.6 Å². The SMILES string of the molecule is CC(=O)Oc1ccc(SCC=C(c2ccc(C#CCN(C)C(C)=O)s2)c2ccc(C#CCN(C)C(C)=O)s2)cc1C. The molecule has 6 nitrogen and oxygen atoms in total. The topological polar surface area (TPSA) is 66.9 Å². The molecule has 0 saturated carbocycles. The van der Waals surface area contributed by atoms with Gasteiger partial charge in [-0.05, 0) is 55.0 Å². The molecular formula is C32H32N2O4S3. The van der Waals surface area contributed by atoms with Gasteiger partial charge in [0.25, 0.3) is 0 Å². The van der Waals surface area contributed by atoms with Crippen molar-refractivity contribution in [2.75, 3.05) is 32.9 Å². The van der Waals surface area contributed by atoms with Crippen LogP contribution in [0.2, 0.25) is 0 Å². The maximum Gasteiger partial charge on any atom is 0.308 e. The van der Waals surface area contributed by atoms with Crippen molar-refractivity contribution in [1.82, 2.24) is 9.80 Å². The van der Waals surface area contributed by atoms with E-state index in [1.165, 1.54) is 20.8 Å². The van der Waals surface area contributed by atoms with E-state index in [-0.39, 0.29) is 17.8 Å². The lowest BCUT2D eigenvalue weighted by atomic mass is 10.2. The molecule has 0 atom stereocenters. The Bertz CT molecular complexity index is 1500. The van der Waals surface area contributed by atoms with Crippen LogP contribution < -0.4 is 4.74 Å². The second kappa shape index (κ2) is 15.3. The van der Waals surface area contributed by atoms with Crippen LogP contribution in [0, 0.1) is 30.6 Å². The fourth-order valence-electron chi connectivity index (χ4n) is 3.34. The summed E-state index contributed by atoms with van der Waals surface area (Å²) in [4.78, 5) is 42.5. The van der Waals surface area contributed by atoms with Crippen LogP contribution in [0.4, 0.5) is 0 Å². The summed E-state index contributed by atoms with van der Waals surface area (Å²) in [7, 11) is 3.46. The highest BCUT2D eigenvalue weighted by Gasteiger charge is 2.12. The average Bonchev–Trinajstić information content (AvgIpc) is 3.57. The van der Waals surface area contributed by atoms with Crippen molar-refractivity contribution >= 4 is 57.8 Å². The third-order valence-electron chi connectivity index (χ3n) is 5.81. The number of amides is 2. The molecule has 2 aromatic heterocycles. The Morgan fingerprint density at radius 3 is 1.85 bits per heavy atom. The highest BCUT2D eigenvalue weighted by atomic mass is 32.2. The van der Waals surface area contributed by atoms with E-state index in [0.29, 0.717) is 18.8 Å². The summed E-state index contributed by atoms with van der Waals surface area (Å²) in [5.41, 5.74) is 2.01. The Hall–Kier alpha value is -3.76. The van der Waals surface area contributed by atoms with Crippen molar-refractivity contribution < 1.29 is 19.1 Å². The summed E-state index contributed by atoms with van der Waals surface area (Å²) in [6, 6.07) is 14.0. The third kappa shape index (κ3) is 9.98. The van der Waals surface area contributed by atoms with Gasteiger partial charge in [0.15, 0.2) is 0 Å². The van der Waals surface area contributed by atoms with E-state index in [9.17, 15) is 14.4 Å². The van der Waals surface area contributed by atoms with Gasteiger partial charge in [0.05, 0.1) is 22.8 Å². The van der Waals surface area contributed by atoms with Crippen LogP contribution in [0.15, 0.2) is 53.4 Å². The van der Waals surface area contributed by atoms with E-state index in [1.54, 1.807) is 58.3 Å². The van der Waals surface area contributed by atoms with E-state index in [4.69, 9.17) is 4.74 Å². The molecule has 9 heteroatoms. The molecule has 0 unspecified atom stereocenters. The van der Waals surface area contributed by atoms with Crippen LogP contribution >= 0.6 is 34.4 Å². The third-order valence-corrected chi connectivity index (χ3v) is 8.80. The maximum absolute atomic E-state index is 11.5. The van der Waals surface area contributed by atoms with Gasteiger partial charge in [-0.15, -0.1) is 34.4 Å². The van der Waals surface area contributed by atoms with Crippen molar-refractivity contribution in [1.29, 1.82) is 0 Å². The molecule has 0 spiro atoms. The fourth-order valence-corrected chi connectivity index (χ4v) is 6.14. The molecule has 0 aliphatic rings. The average molecular weight is 605 g/mol. The number of hydrogen-bond donors (Lipinski definition) is 0. The lowest BCUT2D eigenvalue weighted by Gasteiger charge is -2.08. The fraction of sp³-hybridized carbons (Fsp3) is 0.281. The van der Waals surface area contributed by atoms with Gasteiger partial charge in [0.2, 0.25) is 11.8 Å². The first-order chi connectivity index (χ1) is 19.5. The molecule has 3 aromatic rings. The van der Waals surface area contributed by atoms with Crippen LogP contribution in [-0.2, 0) is 14.4 Å². The summed E-state index contributed by atoms with van der Waals surface area (Å²) >= 11 is 4.91. The Balaban J connectivity index is 1.84. The summed E-state index contributed by atoms with van der Waals surface area (Å²) in [5.74, 6) is 13.4. The minimum atomic E-state index is -0.335. The summed E-state index contributed by atoms with van der Waals surface area (Å²) in [6.07, 6.45) is 2.21. The van der Waals surface area contributed by atoms with Crippen molar-refractivity contribution in [3.8, 4) is 29.4 Å². The molecule has 41 heavy (non-hydrogen) atoms. The number of thioether (sulfide) groups is 1. The molecular weight excluding hydrogens is 573 g/mol. The van der Waals surface area contributed by atoms with Crippen LogP contribution in [0.5, 0.6) is 5.75 Å². The highest BCUT2D eigenvalue weighted by molar-refractivity contribution is 7.99.